The van der Waals surface area contributed by atoms with Crippen LogP contribution in [0.5, 0.6) is 0 Å². The minimum Gasteiger partial charge on any atom is -0.299 e. The molecular weight excluding hydrogens is 273 g/mol. The molecule has 21 heavy (non-hydrogen) atoms. The monoisotopic (exact) mass is 293 g/mol. The topological polar surface area (TPSA) is 3.24 Å². The molecular formula is C19H20NP. The highest BCUT2D eigenvalue weighted by atomic mass is 31.1. The predicted octanol–water partition coefficient (Wildman–Crippen LogP) is 3.50. The maximum Gasteiger partial charge on any atom is 0.0540 e. The standard InChI is InChI=1S/C19H20NP/c1-20(2)18-14-9-15-19(18)21(16-10-5-3-6-11-16)17-12-7-4-8-13-17/h3-15,18H,1-2H3. The zero-order valence-electron chi connectivity index (χ0n) is 12.5. The van der Waals surface area contributed by atoms with E-state index in [1.807, 2.05) is 0 Å². The molecule has 3 rings (SSSR count). The lowest BCUT2D eigenvalue weighted by molar-refractivity contribution is 0.390. The lowest BCUT2D eigenvalue weighted by atomic mass is 10.3. The summed E-state index contributed by atoms with van der Waals surface area (Å²) in [5, 5.41) is 4.34. The van der Waals surface area contributed by atoms with Gasteiger partial charge in [-0.1, -0.05) is 78.9 Å². The van der Waals surface area contributed by atoms with E-state index in [9.17, 15) is 0 Å². The molecule has 0 saturated heterocycles. The fraction of sp³-hybridized carbons (Fsp3) is 0.158. The van der Waals surface area contributed by atoms with Crippen molar-refractivity contribution in [2.45, 2.75) is 6.04 Å². The molecule has 0 bridgehead atoms. The Labute approximate surface area is 128 Å². The fourth-order valence-corrected chi connectivity index (χ4v) is 5.35. The number of nitrogens with zero attached hydrogens (tertiary/aromatic N) is 1. The van der Waals surface area contributed by atoms with Crippen LogP contribution in [0.25, 0.3) is 0 Å². The third-order valence-electron chi connectivity index (χ3n) is 3.71. The third kappa shape index (κ3) is 3.00. The molecule has 0 spiro atoms. The molecule has 0 heterocycles. The van der Waals surface area contributed by atoms with Gasteiger partial charge in [0.25, 0.3) is 0 Å². The second-order valence-corrected chi connectivity index (χ2v) is 7.61. The van der Waals surface area contributed by atoms with Crippen molar-refractivity contribution in [1.82, 2.24) is 4.90 Å². The third-order valence-corrected chi connectivity index (χ3v) is 6.27. The van der Waals surface area contributed by atoms with Gasteiger partial charge in [0.2, 0.25) is 0 Å². The van der Waals surface area contributed by atoms with Crippen LogP contribution >= 0.6 is 7.92 Å². The van der Waals surface area contributed by atoms with Gasteiger partial charge >= 0.3 is 0 Å². The molecule has 2 heteroatoms. The highest BCUT2D eigenvalue weighted by Crippen LogP contribution is 2.47. The summed E-state index contributed by atoms with van der Waals surface area (Å²) >= 11 is 0. The van der Waals surface area contributed by atoms with E-state index in [4.69, 9.17) is 0 Å². The molecule has 1 unspecified atom stereocenters. The number of allylic oxidation sites excluding steroid dienone is 2. The smallest absolute Gasteiger partial charge is 0.0540 e. The predicted molar refractivity (Wildman–Crippen MR) is 93.8 cm³/mol. The molecule has 106 valence electrons. The largest absolute Gasteiger partial charge is 0.299 e. The summed E-state index contributed by atoms with van der Waals surface area (Å²) in [5.41, 5.74) is 0. The zero-order chi connectivity index (χ0) is 14.7. The fourth-order valence-electron chi connectivity index (χ4n) is 2.70. The van der Waals surface area contributed by atoms with Crippen molar-refractivity contribution in [3.05, 3.63) is 84.2 Å². The number of likely N-dealkylation sites (N-methyl/N-ethyl adjacent to an activating group) is 1. The Morgan fingerprint density at radius 3 is 1.81 bits per heavy atom. The molecule has 2 aromatic carbocycles. The van der Waals surface area contributed by atoms with Gasteiger partial charge in [-0.05, 0) is 37.9 Å². The quantitative estimate of drug-likeness (QED) is 0.780. The van der Waals surface area contributed by atoms with Crippen LogP contribution in [0.1, 0.15) is 0 Å². The normalized spacial score (nSPS) is 17.5. The Bertz CT molecular complexity index is 604. The van der Waals surface area contributed by atoms with Crippen LogP contribution in [-0.2, 0) is 0 Å². The van der Waals surface area contributed by atoms with E-state index in [-0.39, 0.29) is 0 Å². The highest BCUT2D eigenvalue weighted by molar-refractivity contribution is 7.76. The van der Waals surface area contributed by atoms with E-state index in [1.54, 1.807) is 0 Å². The molecule has 1 aliphatic carbocycles. The first-order chi connectivity index (χ1) is 10.3. The summed E-state index contributed by atoms with van der Waals surface area (Å²) in [4.78, 5) is 2.29. The Hall–Kier alpha value is -1.69. The minimum atomic E-state index is -0.467. The lowest BCUT2D eigenvalue weighted by Crippen LogP contribution is -2.28. The van der Waals surface area contributed by atoms with Crippen LogP contribution in [0.15, 0.2) is 84.2 Å². The van der Waals surface area contributed by atoms with Gasteiger partial charge in [-0.25, -0.2) is 0 Å². The van der Waals surface area contributed by atoms with Crippen molar-refractivity contribution in [2.75, 3.05) is 14.1 Å². The Balaban J connectivity index is 2.06. The Kier molecular flexibility index (Phi) is 4.34. The molecule has 1 nitrogen and oxygen atoms in total. The van der Waals surface area contributed by atoms with Crippen molar-refractivity contribution in [1.29, 1.82) is 0 Å². The van der Waals surface area contributed by atoms with E-state index in [2.05, 4.69) is 97.9 Å². The maximum atomic E-state index is 2.30. The molecule has 0 fully saturated rings. The van der Waals surface area contributed by atoms with Gasteiger partial charge < -0.3 is 0 Å². The van der Waals surface area contributed by atoms with Crippen LogP contribution < -0.4 is 10.6 Å². The Morgan fingerprint density at radius 2 is 1.33 bits per heavy atom. The van der Waals surface area contributed by atoms with Crippen molar-refractivity contribution in [3.63, 3.8) is 0 Å². The number of benzene rings is 2. The minimum absolute atomic E-state index is 0.400. The first-order valence-corrected chi connectivity index (χ1v) is 8.56. The summed E-state index contributed by atoms with van der Waals surface area (Å²) in [6, 6.07) is 22.2. The van der Waals surface area contributed by atoms with Crippen LogP contribution in [0.2, 0.25) is 0 Å². The highest BCUT2D eigenvalue weighted by Gasteiger charge is 2.26. The van der Waals surface area contributed by atoms with Gasteiger partial charge in [-0.3, -0.25) is 4.90 Å². The van der Waals surface area contributed by atoms with Gasteiger partial charge in [0.15, 0.2) is 0 Å². The molecule has 0 aliphatic heterocycles. The summed E-state index contributed by atoms with van der Waals surface area (Å²) in [6.45, 7) is 0. The van der Waals surface area contributed by atoms with Crippen LogP contribution in [0.4, 0.5) is 0 Å². The van der Waals surface area contributed by atoms with E-state index in [1.165, 1.54) is 15.9 Å². The molecule has 0 aromatic heterocycles. The van der Waals surface area contributed by atoms with Crippen molar-refractivity contribution in [3.8, 4) is 0 Å². The maximum absolute atomic E-state index is 2.30. The zero-order valence-corrected chi connectivity index (χ0v) is 13.4. The molecule has 0 saturated carbocycles. The average molecular weight is 293 g/mol. The summed E-state index contributed by atoms with van der Waals surface area (Å²) in [5.74, 6) is 0. The van der Waals surface area contributed by atoms with Gasteiger partial charge in [0.1, 0.15) is 0 Å². The van der Waals surface area contributed by atoms with Crippen molar-refractivity contribution < 1.29 is 0 Å². The first kappa shape index (κ1) is 14.3. The van der Waals surface area contributed by atoms with E-state index < -0.39 is 7.92 Å². The second-order valence-electron chi connectivity index (χ2n) is 5.39. The van der Waals surface area contributed by atoms with Gasteiger partial charge in [-0.2, -0.15) is 0 Å². The molecule has 0 amide bonds. The van der Waals surface area contributed by atoms with E-state index in [0.717, 1.165) is 0 Å². The number of hydrogen-bond acceptors (Lipinski definition) is 1. The van der Waals surface area contributed by atoms with Crippen LogP contribution in [0.3, 0.4) is 0 Å². The van der Waals surface area contributed by atoms with Gasteiger partial charge in [0, 0.05) is 0 Å². The molecule has 0 radical (unpaired) electrons. The summed E-state index contributed by atoms with van der Waals surface area (Å²) in [7, 11) is 3.83. The molecule has 0 N–H and O–H groups in total. The lowest BCUT2D eigenvalue weighted by Gasteiger charge is -2.28. The Morgan fingerprint density at radius 1 is 0.810 bits per heavy atom. The average Bonchev–Trinajstić information content (AvgIpc) is 2.99. The summed E-state index contributed by atoms with van der Waals surface area (Å²) < 4.78 is 0. The van der Waals surface area contributed by atoms with E-state index >= 15 is 0 Å². The molecule has 1 atom stereocenters. The molecule has 2 aromatic rings. The van der Waals surface area contributed by atoms with Crippen LogP contribution in [0, 0.1) is 0 Å². The SMILES string of the molecule is CN(C)C1C=CC=C1P(c1ccccc1)c1ccccc1. The number of rotatable bonds is 4. The molecule has 1 aliphatic rings. The van der Waals surface area contributed by atoms with Gasteiger partial charge in [0.05, 0.1) is 6.04 Å². The van der Waals surface area contributed by atoms with Crippen molar-refractivity contribution >= 4 is 18.5 Å². The first-order valence-electron chi connectivity index (χ1n) is 7.22. The summed E-state index contributed by atoms with van der Waals surface area (Å²) in [6.07, 6.45) is 6.79. The van der Waals surface area contributed by atoms with Gasteiger partial charge in [-0.15, -0.1) is 0 Å². The van der Waals surface area contributed by atoms with Crippen LogP contribution in [-0.4, -0.2) is 25.0 Å². The van der Waals surface area contributed by atoms with Crippen molar-refractivity contribution in [2.24, 2.45) is 0 Å². The second kappa shape index (κ2) is 6.39. The number of hydrogen-bond donors (Lipinski definition) is 0. The van der Waals surface area contributed by atoms with E-state index in [0.29, 0.717) is 6.04 Å².